The van der Waals surface area contributed by atoms with Crippen molar-refractivity contribution in [2.75, 3.05) is 6.26 Å². The first-order valence-electron chi connectivity index (χ1n) is 7.50. The van der Waals surface area contributed by atoms with Crippen molar-refractivity contribution in [3.8, 4) is 0 Å². The van der Waals surface area contributed by atoms with Crippen LogP contribution in [0.15, 0.2) is 41.3 Å². The second kappa shape index (κ2) is 6.28. The molecule has 0 radical (unpaired) electrons. The van der Waals surface area contributed by atoms with E-state index in [4.69, 9.17) is 4.74 Å². The van der Waals surface area contributed by atoms with E-state index in [1.165, 1.54) is 25.1 Å². The second-order valence-corrected chi connectivity index (χ2v) is 7.89. The molecule has 1 aliphatic rings. The number of carbonyl (C=O) groups is 1. The summed E-state index contributed by atoms with van der Waals surface area (Å²) < 4.78 is 69.5. The molecule has 1 unspecified atom stereocenters. The van der Waals surface area contributed by atoms with Gasteiger partial charge < -0.3 is 4.74 Å². The molecule has 0 saturated carbocycles. The van der Waals surface area contributed by atoms with Gasteiger partial charge in [-0.1, -0.05) is 12.1 Å². The molecule has 26 heavy (non-hydrogen) atoms. The number of hydrogen-bond donors (Lipinski definition) is 0. The van der Waals surface area contributed by atoms with E-state index in [-0.39, 0.29) is 27.2 Å². The Morgan fingerprint density at radius 2 is 1.65 bits per heavy atom. The van der Waals surface area contributed by atoms with Gasteiger partial charge in [0.15, 0.2) is 21.5 Å². The Morgan fingerprint density at radius 3 is 2.23 bits per heavy atom. The van der Waals surface area contributed by atoms with Crippen LogP contribution in [0.4, 0.5) is 13.2 Å². The Hall–Kier alpha value is -2.61. The van der Waals surface area contributed by atoms with Gasteiger partial charge in [0.05, 0.1) is 10.5 Å². The van der Waals surface area contributed by atoms with E-state index in [9.17, 15) is 26.4 Å². The van der Waals surface area contributed by atoms with Gasteiger partial charge in [-0.15, -0.1) is 0 Å². The summed E-state index contributed by atoms with van der Waals surface area (Å²) in [5, 5.41) is 0. The third kappa shape index (κ3) is 3.12. The van der Waals surface area contributed by atoms with Gasteiger partial charge in [0, 0.05) is 17.4 Å². The minimum Gasteiger partial charge on any atom is -0.454 e. The lowest BCUT2D eigenvalue weighted by Gasteiger charge is -2.11. The minimum absolute atomic E-state index is 0.0415. The molecule has 1 aliphatic heterocycles. The molecule has 3 rings (SSSR count). The maximum absolute atomic E-state index is 14.6. The number of benzene rings is 2. The lowest BCUT2D eigenvalue weighted by Crippen LogP contribution is -2.07. The lowest BCUT2D eigenvalue weighted by molar-refractivity contribution is -0.136. The van der Waals surface area contributed by atoms with Gasteiger partial charge >= 0.3 is 5.97 Å². The Labute approximate surface area is 147 Å². The number of cyclic esters (lactones) is 1. The van der Waals surface area contributed by atoms with Crippen LogP contribution in [0.3, 0.4) is 0 Å². The van der Waals surface area contributed by atoms with Crippen molar-refractivity contribution >= 4 is 27.0 Å². The van der Waals surface area contributed by atoms with Crippen molar-refractivity contribution < 1.29 is 31.1 Å². The highest BCUT2D eigenvalue weighted by atomic mass is 32.2. The number of ether oxygens (including phenoxy) is 1. The van der Waals surface area contributed by atoms with E-state index >= 15 is 0 Å². The van der Waals surface area contributed by atoms with E-state index < -0.39 is 39.4 Å². The molecule has 0 fully saturated rings. The van der Waals surface area contributed by atoms with Crippen LogP contribution in [-0.4, -0.2) is 26.7 Å². The Morgan fingerprint density at radius 1 is 0.962 bits per heavy atom. The van der Waals surface area contributed by atoms with Crippen LogP contribution in [-0.2, 0) is 19.4 Å². The summed E-state index contributed by atoms with van der Waals surface area (Å²) in [5.41, 5.74) is 0.0382. The molecule has 0 spiro atoms. The van der Waals surface area contributed by atoms with Gasteiger partial charge in [0.2, 0.25) is 0 Å². The van der Waals surface area contributed by atoms with E-state index in [0.717, 1.165) is 24.5 Å². The summed E-state index contributed by atoms with van der Waals surface area (Å²) in [6.07, 6.45) is 0.0994. The normalized spacial score (nSPS) is 17.6. The summed E-state index contributed by atoms with van der Waals surface area (Å²) in [5.74, 6) is -3.91. The van der Waals surface area contributed by atoms with Crippen molar-refractivity contribution in [2.45, 2.75) is 17.9 Å². The molecule has 4 nitrogen and oxygen atoms in total. The zero-order valence-corrected chi connectivity index (χ0v) is 14.5. The van der Waals surface area contributed by atoms with Gasteiger partial charge in [-0.05, 0) is 36.8 Å². The monoisotopic (exact) mass is 382 g/mol. The van der Waals surface area contributed by atoms with E-state index in [0.29, 0.717) is 0 Å². The standard InChI is InChI=1S/C18H13F3O4S/c1-9-16(12-5-4-11(8-14(12)20)26(2,23)24)17(18(22)25-9)10-3-6-13(19)15(21)7-10/h3-9H,1-2H3. The molecule has 1 heterocycles. The molecule has 0 amide bonds. The highest BCUT2D eigenvalue weighted by Gasteiger charge is 2.34. The summed E-state index contributed by atoms with van der Waals surface area (Å²) in [6.45, 7) is 1.50. The van der Waals surface area contributed by atoms with Gasteiger partial charge in [-0.25, -0.2) is 26.4 Å². The Kier molecular flexibility index (Phi) is 4.39. The Bertz CT molecular complexity index is 1060. The summed E-state index contributed by atoms with van der Waals surface area (Å²) in [6, 6.07) is 6.14. The molecule has 2 aromatic carbocycles. The highest BCUT2D eigenvalue weighted by molar-refractivity contribution is 7.90. The van der Waals surface area contributed by atoms with Gasteiger partial charge in [0.25, 0.3) is 0 Å². The molecule has 0 aliphatic carbocycles. The number of halogens is 3. The van der Waals surface area contributed by atoms with Crippen molar-refractivity contribution in [1.29, 1.82) is 0 Å². The maximum Gasteiger partial charge on any atom is 0.339 e. The molecule has 8 heteroatoms. The average molecular weight is 382 g/mol. The zero-order chi connectivity index (χ0) is 19.2. The third-order valence-electron chi connectivity index (χ3n) is 4.03. The number of sulfone groups is 1. The smallest absolute Gasteiger partial charge is 0.339 e. The van der Waals surface area contributed by atoms with Crippen molar-refractivity contribution in [2.24, 2.45) is 0 Å². The van der Waals surface area contributed by atoms with Crippen molar-refractivity contribution in [3.63, 3.8) is 0 Å². The van der Waals surface area contributed by atoms with Crippen LogP contribution in [0.5, 0.6) is 0 Å². The molecule has 1 atom stereocenters. The van der Waals surface area contributed by atoms with E-state index in [1.807, 2.05) is 0 Å². The Balaban J connectivity index is 2.23. The average Bonchev–Trinajstić information content (AvgIpc) is 2.83. The molecular weight excluding hydrogens is 369 g/mol. The molecular formula is C18H13F3O4S. The molecule has 136 valence electrons. The first kappa shape index (κ1) is 18.2. The predicted octanol–water partition coefficient (Wildman–Crippen LogP) is 3.36. The number of hydrogen-bond acceptors (Lipinski definition) is 4. The first-order valence-corrected chi connectivity index (χ1v) is 9.39. The van der Waals surface area contributed by atoms with E-state index in [2.05, 4.69) is 0 Å². The van der Waals surface area contributed by atoms with Gasteiger partial charge in [-0.3, -0.25) is 0 Å². The third-order valence-corrected chi connectivity index (χ3v) is 5.14. The van der Waals surface area contributed by atoms with Crippen LogP contribution in [0.25, 0.3) is 11.1 Å². The lowest BCUT2D eigenvalue weighted by atomic mass is 9.93. The van der Waals surface area contributed by atoms with E-state index in [1.54, 1.807) is 0 Å². The zero-order valence-electron chi connectivity index (χ0n) is 13.7. The SMILES string of the molecule is CC1OC(=O)C(c2ccc(F)c(F)c2)=C1c1ccc(S(C)(=O)=O)cc1F. The quantitative estimate of drug-likeness (QED) is 0.764. The fourth-order valence-electron chi connectivity index (χ4n) is 2.82. The summed E-state index contributed by atoms with van der Waals surface area (Å²) >= 11 is 0. The predicted molar refractivity (Wildman–Crippen MR) is 88.2 cm³/mol. The molecule has 2 aromatic rings. The second-order valence-electron chi connectivity index (χ2n) is 5.88. The first-order chi connectivity index (χ1) is 12.1. The summed E-state index contributed by atoms with van der Waals surface area (Å²) in [7, 11) is -3.61. The van der Waals surface area contributed by atoms with Crippen LogP contribution in [0.2, 0.25) is 0 Å². The molecule has 0 aromatic heterocycles. The highest BCUT2D eigenvalue weighted by Crippen LogP contribution is 2.38. The fourth-order valence-corrected chi connectivity index (χ4v) is 3.45. The fraction of sp³-hybridized carbons (Fsp3) is 0.167. The molecule has 0 saturated heterocycles. The number of carbonyl (C=O) groups excluding carboxylic acids is 1. The number of esters is 1. The topological polar surface area (TPSA) is 60.4 Å². The van der Waals surface area contributed by atoms with Crippen LogP contribution >= 0.6 is 0 Å². The van der Waals surface area contributed by atoms with Crippen LogP contribution in [0, 0.1) is 17.5 Å². The number of rotatable bonds is 3. The largest absolute Gasteiger partial charge is 0.454 e. The maximum atomic E-state index is 14.6. The van der Waals surface area contributed by atoms with Crippen molar-refractivity contribution in [1.82, 2.24) is 0 Å². The molecule has 0 bridgehead atoms. The van der Waals surface area contributed by atoms with Gasteiger partial charge in [-0.2, -0.15) is 0 Å². The van der Waals surface area contributed by atoms with Gasteiger partial charge in [0.1, 0.15) is 11.9 Å². The van der Waals surface area contributed by atoms with Crippen molar-refractivity contribution in [3.05, 3.63) is 65.0 Å². The van der Waals surface area contributed by atoms with Crippen LogP contribution < -0.4 is 0 Å². The minimum atomic E-state index is -3.61. The summed E-state index contributed by atoms with van der Waals surface area (Å²) in [4.78, 5) is 12.0. The van der Waals surface area contributed by atoms with Crippen LogP contribution in [0.1, 0.15) is 18.1 Å². The molecule has 0 N–H and O–H groups in total.